The molecule has 4 saturated carbocycles. The molecule has 1 amide bonds. The lowest BCUT2D eigenvalue weighted by atomic mass is 9.49. The van der Waals surface area contributed by atoms with Crippen molar-refractivity contribution >= 4 is 33.7 Å². The van der Waals surface area contributed by atoms with Gasteiger partial charge in [-0.3, -0.25) is 15.1 Å². The molecule has 0 radical (unpaired) electrons. The first kappa shape index (κ1) is 18.6. The number of rotatable bonds is 4. The summed E-state index contributed by atoms with van der Waals surface area (Å²) >= 11 is 2.94. The van der Waals surface area contributed by atoms with Crippen LogP contribution >= 0.6 is 22.7 Å². The molecule has 3 heterocycles. The first-order valence-electron chi connectivity index (χ1n) is 10.7. The lowest BCUT2D eigenvalue weighted by molar-refractivity contribution is -0.00688. The summed E-state index contributed by atoms with van der Waals surface area (Å²) in [6.45, 7) is 1.88. The van der Waals surface area contributed by atoms with E-state index in [9.17, 15) is 4.79 Å². The predicted octanol–water partition coefficient (Wildman–Crippen LogP) is 5.69. The third kappa shape index (κ3) is 3.10. The minimum atomic E-state index is -0.126. The largest absolute Gasteiger partial charge is 0.297 e. The Hall–Kier alpha value is -2.12. The van der Waals surface area contributed by atoms with Gasteiger partial charge < -0.3 is 0 Å². The fourth-order valence-electron chi connectivity index (χ4n) is 6.36. The van der Waals surface area contributed by atoms with Crippen LogP contribution in [0.3, 0.4) is 0 Å². The third-order valence-corrected chi connectivity index (χ3v) is 9.13. The molecule has 4 bridgehead atoms. The molecule has 1 N–H and O–H groups in total. The van der Waals surface area contributed by atoms with E-state index in [0.29, 0.717) is 10.0 Å². The molecular weight excluding hydrogens is 412 g/mol. The van der Waals surface area contributed by atoms with Gasteiger partial charge in [0.2, 0.25) is 0 Å². The van der Waals surface area contributed by atoms with E-state index in [1.54, 1.807) is 17.5 Å². The Morgan fingerprint density at radius 2 is 1.83 bits per heavy atom. The highest BCUT2D eigenvalue weighted by molar-refractivity contribution is 7.17. The molecule has 4 fully saturated rings. The lowest BCUT2D eigenvalue weighted by Gasteiger charge is -2.56. The minimum Gasteiger partial charge on any atom is -0.297 e. The maximum atomic E-state index is 12.9. The number of carbonyl (C=O) groups excluding carboxylic acids is 1. The van der Waals surface area contributed by atoms with Gasteiger partial charge in [0.05, 0.1) is 17.1 Å². The molecule has 0 unspecified atom stereocenters. The van der Waals surface area contributed by atoms with Crippen molar-refractivity contribution in [3.63, 3.8) is 0 Å². The Bertz CT molecular complexity index is 1070. The molecule has 0 saturated heterocycles. The normalized spacial score (nSPS) is 29.3. The second-order valence-electron chi connectivity index (χ2n) is 9.34. The van der Waals surface area contributed by atoms with E-state index >= 15 is 0 Å². The van der Waals surface area contributed by atoms with Crippen LogP contribution in [0.25, 0.3) is 10.7 Å². The van der Waals surface area contributed by atoms with Crippen LogP contribution in [0.1, 0.15) is 59.6 Å². The van der Waals surface area contributed by atoms with Crippen LogP contribution in [-0.2, 0) is 5.41 Å². The summed E-state index contributed by atoms with van der Waals surface area (Å²) in [6.07, 6.45) is 9.89. The van der Waals surface area contributed by atoms with Crippen molar-refractivity contribution in [2.75, 3.05) is 5.32 Å². The number of pyridine rings is 1. The Labute approximate surface area is 184 Å². The van der Waals surface area contributed by atoms with Crippen molar-refractivity contribution in [1.82, 2.24) is 15.0 Å². The van der Waals surface area contributed by atoms with E-state index in [0.717, 1.165) is 34.1 Å². The van der Waals surface area contributed by atoms with Crippen LogP contribution in [0.4, 0.5) is 5.13 Å². The minimum absolute atomic E-state index is 0.126. The maximum absolute atomic E-state index is 12.9. The molecule has 30 heavy (non-hydrogen) atoms. The zero-order chi connectivity index (χ0) is 20.3. The Balaban J connectivity index is 1.22. The van der Waals surface area contributed by atoms with Gasteiger partial charge in [0.1, 0.15) is 9.88 Å². The number of hydrogen-bond acceptors (Lipinski definition) is 6. The van der Waals surface area contributed by atoms with E-state index in [-0.39, 0.29) is 11.3 Å². The Kier molecular flexibility index (Phi) is 4.32. The first-order valence-corrected chi connectivity index (χ1v) is 12.4. The molecule has 3 aromatic heterocycles. The van der Waals surface area contributed by atoms with Crippen molar-refractivity contribution in [3.8, 4) is 10.7 Å². The smallest absolute Gasteiger partial charge is 0.269 e. The molecule has 0 aromatic carbocycles. The van der Waals surface area contributed by atoms with Crippen molar-refractivity contribution in [2.24, 2.45) is 17.8 Å². The third-order valence-electron chi connectivity index (χ3n) is 7.19. The molecule has 154 valence electrons. The van der Waals surface area contributed by atoms with Crippen molar-refractivity contribution in [3.05, 3.63) is 46.0 Å². The van der Waals surface area contributed by atoms with Crippen LogP contribution in [-0.4, -0.2) is 20.9 Å². The van der Waals surface area contributed by atoms with Crippen LogP contribution in [0, 0.1) is 24.7 Å². The van der Waals surface area contributed by atoms with Crippen molar-refractivity contribution in [1.29, 1.82) is 0 Å². The summed E-state index contributed by atoms with van der Waals surface area (Å²) in [4.78, 5) is 27.4. The monoisotopic (exact) mass is 436 g/mol. The SMILES string of the molecule is Cc1nc(-c2ccccn2)sc1C(=O)Nc1nc(C23CC4CC(CC(C4)C2)C3)cs1. The van der Waals surface area contributed by atoms with Crippen molar-refractivity contribution in [2.45, 2.75) is 50.9 Å². The van der Waals surface area contributed by atoms with Gasteiger partial charge in [-0.05, 0) is 75.3 Å². The summed E-state index contributed by atoms with van der Waals surface area (Å²) in [7, 11) is 0. The number of aryl methyl sites for hydroxylation is 1. The number of aromatic nitrogens is 3. The second-order valence-corrected chi connectivity index (χ2v) is 11.2. The molecule has 4 aliphatic carbocycles. The predicted molar refractivity (Wildman–Crippen MR) is 120 cm³/mol. The molecule has 3 aromatic rings. The highest BCUT2D eigenvalue weighted by Gasteiger charge is 2.52. The molecule has 0 aliphatic heterocycles. The number of anilines is 1. The molecule has 7 heteroatoms. The van der Waals surface area contributed by atoms with Crippen LogP contribution < -0.4 is 5.32 Å². The van der Waals surface area contributed by atoms with Gasteiger partial charge in [-0.2, -0.15) is 0 Å². The molecule has 7 rings (SSSR count). The molecule has 5 nitrogen and oxygen atoms in total. The molecule has 4 aliphatic rings. The summed E-state index contributed by atoms with van der Waals surface area (Å²) in [5.74, 6) is 2.54. The lowest BCUT2D eigenvalue weighted by Crippen LogP contribution is -2.48. The summed E-state index contributed by atoms with van der Waals surface area (Å²) in [5.41, 5.74) is 3.01. The number of thiazole rings is 2. The van der Waals surface area contributed by atoms with Gasteiger partial charge >= 0.3 is 0 Å². The Morgan fingerprint density at radius 3 is 2.50 bits per heavy atom. The fraction of sp³-hybridized carbons (Fsp3) is 0.478. The fourth-order valence-corrected chi connectivity index (χ4v) is 8.13. The van der Waals surface area contributed by atoms with E-state index in [2.05, 4.69) is 20.7 Å². The highest BCUT2D eigenvalue weighted by Crippen LogP contribution is 2.60. The van der Waals surface area contributed by atoms with E-state index in [1.807, 2.05) is 25.1 Å². The van der Waals surface area contributed by atoms with Crippen LogP contribution in [0.5, 0.6) is 0 Å². The van der Waals surface area contributed by atoms with Gasteiger partial charge in [-0.25, -0.2) is 9.97 Å². The number of amides is 1. The summed E-state index contributed by atoms with van der Waals surface area (Å²) in [6, 6.07) is 5.72. The molecule has 0 atom stereocenters. The quantitative estimate of drug-likeness (QED) is 0.570. The zero-order valence-corrected chi connectivity index (χ0v) is 18.6. The van der Waals surface area contributed by atoms with Gasteiger partial charge in [-0.1, -0.05) is 6.07 Å². The van der Waals surface area contributed by atoms with E-state index in [1.165, 1.54) is 55.6 Å². The first-order chi connectivity index (χ1) is 14.6. The topological polar surface area (TPSA) is 67.8 Å². The second kappa shape index (κ2) is 6.95. The maximum Gasteiger partial charge on any atom is 0.269 e. The van der Waals surface area contributed by atoms with Gasteiger partial charge in [0.25, 0.3) is 5.91 Å². The van der Waals surface area contributed by atoms with Crippen molar-refractivity contribution < 1.29 is 4.79 Å². The molecular formula is C23H24N4OS2. The zero-order valence-electron chi connectivity index (χ0n) is 16.9. The summed E-state index contributed by atoms with van der Waals surface area (Å²) in [5, 5.41) is 6.71. The average molecular weight is 437 g/mol. The van der Waals surface area contributed by atoms with Crippen LogP contribution in [0.15, 0.2) is 29.8 Å². The van der Waals surface area contributed by atoms with Crippen LogP contribution in [0.2, 0.25) is 0 Å². The van der Waals surface area contributed by atoms with Gasteiger partial charge in [0, 0.05) is 17.0 Å². The van der Waals surface area contributed by atoms with E-state index < -0.39 is 0 Å². The Morgan fingerprint density at radius 1 is 1.10 bits per heavy atom. The molecule has 0 spiro atoms. The number of nitrogens with zero attached hydrogens (tertiary/aromatic N) is 3. The van der Waals surface area contributed by atoms with E-state index in [4.69, 9.17) is 4.98 Å². The average Bonchev–Trinajstić information content (AvgIpc) is 3.35. The standard InChI is InChI=1S/C23H24N4OS2/c1-13-19(30-21(25-13)17-4-2-3-5-24-17)20(28)27-22-26-18(12-29-22)23-9-14-6-15(10-23)8-16(7-14)11-23/h2-5,12,14-16H,6-11H2,1H3,(H,26,27,28). The number of nitrogens with one attached hydrogen (secondary N) is 1. The number of hydrogen-bond donors (Lipinski definition) is 1. The summed E-state index contributed by atoms with van der Waals surface area (Å²) < 4.78 is 0. The van der Waals surface area contributed by atoms with Gasteiger partial charge in [0.15, 0.2) is 5.13 Å². The van der Waals surface area contributed by atoms with Gasteiger partial charge in [-0.15, -0.1) is 22.7 Å². The highest BCUT2D eigenvalue weighted by atomic mass is 32.1. The number of carbonyl (C=O) groups is 1.